The summed E-state index contributed by atoms with van der Waals surface area (Å²) in [4.78, 5) is 20.4. The number of alkyl halides is 3. The fraction of sp³-hybridized carbons (Fsp3) is 0.150. The molecule has 0 radical (unpaired) electrons. The van der Waals surface area contributed by atoms with Crippen LogP contribution in [-0.4, -0.2) is 38.8 Å². The lowest BCUT2D eigenvalue weighted by Crippen LogP contribution is -2.12. The van der Waals surface area contributed by atoms with Gasteiger partial charge in [-0.25, -0.2) is 9.50 Å². The van der Waals surface area contributed by atoms with Crippen molar-refractivity contribution in [2.45, 2.75) is 13.1 Å². The fourth-order valence-corrected chi connectivity index (χ4v) is 2.70. The number of aliphatic imine (C=N–C) groups is 1. The van der Waals surface area contributed by atoms with Gasteiger partial charge in [0, 0.05) is 17.8 Å². The number of benzene rings is 1. The zero-order chi connectivity index (χ0) is 22.6. The number of fused-ring (bicyclic) bond motifs is 1. The van der Waals surface area contributed by atoms with E-state index in [9.17, 15) is 18.0 Å². The number of rotatable bonds is 5. The van der Waals surface area contributed by atoms with Crippen molar-refractivity contribution in [1.29, 1.82) is 5.41 Å². The lowest BCUT2D eigenvalue weighted by atomic mass is 10.0. The van der Waals surface area contributed by atoms with E-state index in [2.05, 4.69) is 15.1 Å². The van der Waals surface area contributed by atoms with Gasteiger partial charge in [-0.05, 0) is 25.1 Å². The Balaban J connectivity index is 1.97. The smallest absolute Gasteiger partial charge is 0.417 e. The number of amides is 1. The number of halogens is 3. The number of ether oxygens (including phenoxy) is 1. The predicted octanol–water partition coefficient (Wildman–Crippen LogP) is 3.48. The molecule has 3 rings (SSSR count). The van der Waals surface area contributed by atoms with Crippen LogP contribution in [0.3, 0.4) is 0 Å². The Hall–Kier alpha value is -4.02. The number of aromatic nitrogens is 3. The van der Waals surface area contributed by atoms with Crippen molar-refractivity contribution in [3.8, 4) is 11.3 Å². The molecule has 2 aromatic heterocycles. The van der Waals surface area contributed by atoms with Gasteiger partial charge in [0.25, 0.3) is 5.91 Å². The quantitative estimate of drug-likeness (QED) is 0.475. The third kappa shape index (κ3) is 4.94. The Labute approximate surface area is 174 Å². The summed E-state index contributed by atoms with van der Waals surface area (Å²) in [6.45, 7) is 2.01. The molecule has 8 nitrogen and oxygen atoms in total. The van der Waals surface area contributed by atoms with Gasteiger partial charge >= 0.3 is 6.18 Å². The molecule has 0 saturated heterocycles. The molecule has 3 aromatic rings. The highest BCUT2D eigenvalue weighted by molar-refractivity contribution is 6.09. The Kier molecular flexibility index (Phi) is 6.14. The van der Waals surface area contributed by atoms with Gasteiger partial charge in [0.2, 0.25) is 5.90 Å². The molecule has 0 aliphatic carbocycles. The van der Waals surface area contributed by atoms with Crippen LogP contribution in [0.15, 0.2) is 59.9 Å². The van der Waals surface area contributed by atoms with Gasteiger partial charge in [0.1, 0.15) is 11.4 Å². The second-order valence-electron chi connectivity index (χ2n) is 6.15. The van der Waals surface area contributed by atoms with E-state index in [1.807, 2.05) is 0 Å². The topological polar surface area (TPSA) is 119 Å². The Morgan fingerprint density at radius 1 is 1.29 bits per heavy atom. The maximum absolute atomic E-state index is 13.4. The number of hydrogen-bond donors (Lipinski definition) is 2. The number of hydrogen-bond acceptors (Lipinski definition) is 5. The van der Waals surface area contributed by atoms with Crippen molar-refractivity contribution in [1.82, 2.24) is 14.6 Å². The van der Waals surface area contributed by atoms with Crippen molar-refractivity contribution in [3.05, 3.63) is 66.0 Å². The van der Waals surface area contributed by atoms with Crippen molar-refractivity contribution < 1.29 is 22.7 Å². The van der Waals surface area contributed by atoms with Gasteiger partial charge in [-0.15, -0.1) is 0 Å². The average molecular weight is 430 g/mol. The van der Waals surface area contributed by atoms with Gasteiger partial charge in [0.15, 0.2) is 5.65 Å². The lowest BCUT2D eigenvalue weighted by molar-refractivity contribution is -0.137. The largest absolute Gasteiger partial charge is 0.478 e. The molecule has 2 heterocycles. The first-order valence-corrected chi connectivity index (χ1v) is 8.99. The third-order valence-corrected chi connectivity index (χ3v) is 4.04. The second-order valence-corrected chi connectivity index (χ2v) is 6.15. The number of amidine groups is 1. The number of nitrogens with one attached hydrogen (secondary N) is 1. The molecule has 0 atom stereocenters. The van der Waals surface area contributed by atoms with E-state index in [1.165, 1.54) is 53.3 Å². The van der Waals surface area contributed by atoms with Gasteiger partial charge in [0.05, 0.1) is 24.1 Å². The van der Waals surface area contributed by atoms with E-state index in [0.29, 0.717) is 6.61 Å². The number of nitrogens with two attached hydrogens (primary N) is 1. The predicted molar refractivity (Wildman–Crippen MR) is 108 cm³/mol. The van der Waals surface area contributed by atoms with E-state index in [4.69, 9.17) is 15.9 Å². The van der Waals surface area contributed by atoms with E-state index < -0.39 is 17.6 Å². The minimum Gasteiger partial charge on any atom is -0.478 e. The first-order valence-electron chi connectivity index (χ1n) is 8.99. The highest BCUT2D eigenvalue weighted by Gasteiger charge is 2.33. The molecule has 0 aliphatic rings. The van der Waals surface area contributed by atoms with Crippen molar-refractivity contribution in [3.63, 3.8) is 0 Å². The van der Waals surface area contributed by atoms with Crippen molar-refractivity contribution >= 4 is 23.3 Å². The molecule has 0 unspecified atom stereocenters. The molecule has 0 saturated carbocycles. The number of carbonyl (C=O) groups is 1. The summed E-state index contributed by atoms with van der Waals surface area (Å²) in [6, 6.07) is 6.39. The molecule has 31 heavy (non-hydrogen) atoms. The molecule has 160 valence electrons. The second kappa shape index (κ2) is 8.78. The van der Waals surface area contributed by atoms with Crippen LogP contribution in [0.1, 0.15) is 22.8 Å². The fourth-order valence-electron chi connectivity index (χ4n) is 2.70. The van der Waals surface area contributed by atoms with Gasteiger partial charge in [-0.3, -0.25) is 10.2 Å². The van der Waals surface area contributed by atoms with E-state index in [1.54, 1.807) is 6.92 Å². The third-order valence-electron chi connectivity index (χ3n) is 4.04. The summed E-state index contributed by atoms with van der Waals surface area (Å²) >= 11 is 0. The summed E-state index contributed by atoms with van der Waals surface area (Å²) in [5, 5.41) is 11.5. The van der Waals surface area contributed by atoms with Crippen LogP contribution >= 0.6 is 0 Å². The minimum atomic E-state index is -4.57. The van der Waals surface area contributed by atoms with Crippen LogP contribution in [0, 0.1) is 5.41 Å². The van der Waals surface area contributed by atoms with Crippen LogP contribution in [-0.2, 0) is 10.9 Å². The van der Waals surface area contributed by atoms with Crippen LogP contribution in [0.25, 0.3) is 16.9 Å². The molecule has 1 aromatic carbocycles. The van der Waals surface area contributed by atoms with Crippen LogP contribution in [0.5, 0.6) is 0 Å². The summed E-state index contributed by atoms with van der Waals surface area (Å²) in [7, 11) is 0. The van der Waals surface area contributed by atoms with Crippen molar-refractivity contribution in [2.75, 3.05) is 6.61 Å². The zero-order valence-corrected chi connectivity index (χ0v) is 16.2. The average Bonchev–Trinajstić information content (AvgIpc) is 3.15. The summed E-state index contributed by atoms with van der Waals surface area (Å²) in [6.07, 6.45) is 0.491. The summed E-state index contributed by atoms with van der Waals surface area (Å²) < 4.78 is 46.2. The maximum atomic E-state index is 13.4. The Bertz CT molecular complexity index is 1200. The Morgan fingerprint density at radius 2 is 2.03 bits per heavy atom. The molecule has 0 bridgehead atoms. The molecule has 0 fully saturated rings. The van der Waals surface area contributed by atoms with Gasteiger partial charge in [-0.1, -0.05) is 18.2 Å². The highest BCUT2D eigenvalue weighted by atomic mass is 19.4. The molecule has 3 N–H and O–H groups in total. The maximum Gasteiger partial charge on any atom is 0.417 e. The summed E-state index contributed by atoms with van der Waals surface area (Å²) in [5.74, 6) is -1.13. The first-order chi connectivity index (χ1) is 14.7. The molecule has 1 amide bonds. The molecular weight excluding hydrogens is 413 g/mol. The molecule has 0 aliphatic heterocycles. The van der Waals surface area contributed by atoms with E-state index >= 15 is 0 Å². The zero-order valence-electron chi connectivity index (χ0n) is 16.2. The lowest BCUT2D eigenvalue weighted by Gasteiger charge is -2.12. The first kappa shape index (κ1) is 21.7. The van der Waals surface area contributed by atoms with Crippen LogP contribution in [0.2, 0.25) is 0 Å². The monoisotopic (exact) mass is 430 g/mol. The SMILES string of the molecule is CCOC(=N)/C=C\C(N)=NC(=O)c1cnn2ccc(-c3ccccc3C(F)(F)F)nc12. The van der Waals surface area contributed by atoms with E-state index in [0.717, 1.165) is 6.07 Å². The van der Waals surface area contributed by atoms with Gasteiger partial charge < -0.3 is 10.5 Å². The van der Waals surface area contributed by atoms with Crippen LogP contribution in [0.4, 0.5) is 13.2 Å². The minimum absolute atomic E-state index is 0.0250. The summed E-state index contributed by atoms with van der Waals surface area (Å²) in [5.41, 5.74) is 4.72. The van der Waals surface area contributed by atoms with Gasteiger partial charge in [-0.2, -0.15) is 23.3 Å². The molecule has 11 heteroatoms. The molecular formula is C20H17F3N6O2. The number of nitrogens with zero attached hydrogens (tertiary/aromatic N) is 4. The van der Waals surface area contributed by atoms with E-state index in [-0.39, 0.29) is 34.2 Å². The Morgan fingerprint density at radius 3 is 2.74 bits per heavy atom. The molecule has 0 spiro atoms. The highest BCUT2D eigenvalue weighted by Crippen LogP contribution is 2.36. The standard InChI is InChI=1S/C20H17F3N6O2/c1-2-31-17(25)8-7-16(24)28-19(30)13-11-26-29-10-9-15(27-18(13)29)12-5-3-4-6-14(12)20(21,22)23/h3-11,25H,2H2,1H3,(H2,24,28,30)/b8-7-,25-17?. The van der Waals surface area contributed by atoms with Crippen molar-refractivity contribution in [2.24, 2.45) is 10.7 Å². The normalized spacial score (nSPS) is 12.5. The number of carbonyl (C=O) groups excluding carboxylic acids is 1. The van der Waals surface area contributed by atoms with Crippen LogP contribution < -0.4 is 5.73 Å².